The quantitative estimate of drug-likeness (QED) is 0.372. The molecule has 1 aromatic rings. The van der Waals surface area contributed by atoms with Gasteiger partial charge in [0.05, 0.1) is 12.0 Å². The SMILES string of the molecule is CCC(C)C1=NC(CC)(C(C)C)CC(=O)N1CC1=CC(C(O)NC(C)c2cc(F)cc(F)c2)=CC(F)C1. The summed E-state index contributed by atoms with van der Waals surface area (Å²) in [6.45, 7) is 12.2. The number of aliphatic hydroxyl groups is 1. The van der Waals surface area contributed by atoms with Gasteiger partial charge >= 0.3 is 0 Å². The minimum absolute atomic E-state index is 0.0197. The zero-order valence-electron chi connectivity index (χ0n) is 22.7. The van der Waals surface area contributed by atoms with Gasteiger partial charge in [0.15, 0.2) is 0 Å². The van der Waals surface area contributed by atoms with Crippen LogP contribution in [-0.2, 0) is 4.79 Å². The topological polar surface area (TPSA) is 64.9 Å². The van der Waals surface area contributed by atoms with Gasteiger partial charge in [-0.1, -0.05) is 40.7 Å². The van der Waals surface area contributed by atoms with Gasteiger partial charge in [-0.15, -0.1) is 0 Å². The van der Waals surface area contributed by atoms with Gasteiger partial charge in [-0.3, -0.25) is 20.0 Å². The first-order chi connectivity index (χ1) is 17.4. The average Bonchev–Trinajstić information content (AvgIpc) is 2.83. The monoisotopic (exact) mass is 519 g/mol. The molecule has 2 N–H and O–H groups in total. The fraction of sp³-hybridized carbons (Fsp3) is 0.586. The van der Waals surface area contributed by atoms with Crippen LogP contribution in [0.1, 0.15) is 78.8 Å². The lowest BCUT2D eigenvalue weighted by molar-refractivity contribution is -0.130. The van der Waals surface area contributed by atoms with Crippen molar-refractivity contribution in [1.82, 2.24) is 10.2 Å². The lowest BCUT2D eigenvalue weighted by atomic mass is 9.79. The standard InChI is InChI=1S/C29H40F3N3O2/c1-7-18(5)27-34-29(8-2,17(3)4)15-26(36)35(27)16-20-9-22(13-23(30)10-20)28(37)33-19(6)21-11-24(31)14-25(32)12-21/h9,11-14,17-19,23,28,33,37H,7-8,10,15-16H2,1-6H3. The largest absolute Gasteiger partial charge is 0.374 e. The van der Waals surface area contributed by atoms with Gasteiger partial charge in [-0.2, -0.15) is 0 Å². The number of hydrogen-bond donors (Lipinski definition) is 2. The Balaban J connectivity index is 1.83. The maximum atomic E-state index is 14.8. The number of rotatable bonds is 10. The molecular weight excluding hydrogens is 479 g/mol. The maximum absolute atomic E-state index is 14.8. The Morgan fingerprint density at radius 3 is 2.38 bits per heavy atom. The summed E-state index contributed by atoms with van der Waals surface area (Å²) >= 11 is 0. The van der Waals surface area contributed by atoms with Gasteiger partial charge in [-0.25, -0.2) is 13.2 Å². The van der Waals surface area contributed by atoms with E-state index in [1.165, 1.54) is 18.2 Å². The van der Waals surface area contributed by atoms with Gasteiger partial charge in [0.25, 0.3) is 0 Å². The van der Waals surface area contributed by atoms with Crippen LogP contribution in [0, 0.1) is 23.5 Å². The molecule has 0 saturated carbocycles. The summed E-state index contributed by atoms with van der Waals surface area (Å²) in [5, 5.41) is 13.7. The molecule has 0 radical (unpaired) electrons. The van der Waals surface area contributed by atoms with E-state index in [4.69, 9.17) is 4.99 Å². The van der Waals surface area contributed by atoms with Gasteiger partial charge in [0, 0.05) is 31.0 Å². The molecule has 0 bridgehead atoms. The molecular formula is C29H40F3N3O2. The third-order valence-corrected chi connectivity index (χ3v) is 7.78. The Morgan fingerprint density at radius 2 is 1.81 bits per heavy atom. The molecule has 0 aromatic heterocycles. The van der Waals surface area contributed by atoms with Crippen molar-refractivity contribution in [2.24, 2.45) is 16.8 Å². The first kappa shape index (κ1) is 29.1. The van der Waals surface area contributed by atoms with Crippen molar-refractivity contribution in [3.05, 3.63) is 58.7 Å². The van der Waals surface area contributed by atoms with Crippen LogP contribution < -0.4 is 5.32 Å². The molecule has 8 heteroatoms. The lowest BCUT2D eigenvalue weighted by Crippen LogP contribution is -2.52. The van der Waals surface area contributed by atoms with Gasteiger partial charge in [0.2, 0.25) is 5.91 Å². The van der Waals surface area contributed by atoms with E-state index in [0.717, 1.165) is 24.7 Å². The molecule has 37 heavy (non-hydrogen) atoms. The van der Waals surface area contributed by atoms with Crippen LogP contribution in [0.3, 0.4) is 0 Å². The number of alkyl halides is 1. The van der Waals surface area contributed by atoms with E-state index in [-0.39, 0.29) is 30.7 Å². The molecule has 5 atom stereocenters. The molecule has 1 aliphatic carbocycles. The molecule has 1 heterocycles. The van der Waals surface area contributed by atoms with E-state index in [9.17, 15) is 23.1 Å². The number of amidine groups is 1. The number of nitrogens with one attached hydrogen (secondary N) is 1. The second-order valence-electron chi connectivity index (χ2n) is 10.7. The summed E-state index contributed by atoms with van der Waals surface area (Å²) in [5.74, 6) is -0.438. The van der Waals surface area contributed by atoms with Crippen molar-refractivity contribution in [1.29, 1.82) is 0 Å². The smallest absolute Gasteiger partial charge is 0.230 e. The molecule has 5 nitrogen and oxygen atoms in total. The van der Waals surface area contributed by atoms with E-state index < -0.39 is 35.6 Å². The molecule has 0 spiro atoms. The zero-order chi connectivity index (χ0) is 27.5. The van der Waals surface area contributed by atoms with Gasteiger partial charge in [-0.05, 0) is 60.6 Å². The number of benzene rings is 1. The Labute approximate surface area is 218 Å². The van der Waals surface area contributed by atoms with E-state index in [1.54, 1.807) is 17.9 Å². The summed E-state index contributed by atoms with van der Waals surface area (Å²) in [4.78, 5) is 20.2. The van der Waals surface area contributed by atoms with E-state index in [1.807, 2.05) is 6.92 Å². The number of carbonyl (C=O) groups excluding carboxylic acids is 1. The number of aliphatic hydroxyl groups excluding tert-OH is 1. The molecule has 5 unspecified atom stereocenters. The molecule has 3 rings (SSSR count). The van der Waals surface area contributed by atoms with Crippen molar-refractivity contribution in [2.45, 2.75) is 91.2 Å². The predicted octanol–water partition coefficient (Wildman–Crippen LogP) is 6.01. The normalized spacial score (nSPS) is 24.9. The summed E-state index contributed by atoms with van der Waals surface area (Å²) in [6.07, 6.45) is 2.45. The van der Waals surface area contributed by atoms with E-state index >= 15 is 0 Å². The third kappa shape index (κ3) is 6.71. The first-order valence-electron chi connectivity index (χ1n) is 13.2. The Kier molecular flexibility index (Phi) is 9.40. The summed E-state index contributed by atoms with van der Waals surface area (Å²) < 4.78 is 42.0. The summed E-state index contributed by atoms with van der Waals surface area (Å²) in [6, 6.07) is 2.56. The molecule has 1 aliphatic heterocycles. The van der Waals surface area contributed by atoms with Crippen molar-refractivity contribution >= 4 is 11.7 Å². The number of amides is 1. The maximum Gasteiger partial charge on any atom is 0.230 e. The number of hydrogen-bond acceptors (Lipinski definition) is 4. The molecule has 1 amide bonds. The second-order valence-corrected chi connectivity index (χ2v) is 10.7. The van der Waals surface area contributed by atoms with Crippen molar-refractivity contribution in [2.75, 3.05) is 6.54 Å². The van der Waals surface area contributed by atoms with Gasteiger partial charge in [0.1, 0.15) is 29.9 Å². The molecule has 204 valence electrons. The highest BCUT2D eigenvalue weighted by Gasteiger charge is 2.42. The third-order valence-electron chi connectivity index (χ3n) is 7.78. The van der Waals surface area contributed by atoms with Crippen LogP contribution in [0.15, 0.2) is 46.5 Å². The van der Waals surface area contributed by atoms with Crippen LogP contribution >= 0.6 is 0 Å². The second kappa shape index (κ2) is 11.9. The van der Waals surface area contributed by atoms with Crippen LogP contribution in [0.25, 0.3) is 0 Å². The first-order valence-corrected chi connectivity index (χ1v) is 13.2. The fourth-order valence-electron chi connectivity index (χ4n) is 5.09. The highest BCUT2D eigenvalue weighted by atomic mass is 19.1. The van der Waals surface area contributed by atoms with Crippen LogP contribution in [0.5, 0.6) is 0 Å². The van der Waals surface area contributed by atoms with E-state index in [0.29, 0.717) is 23.1 Å². The van der Waals surface area contributed by atoms with Crippen LogP contribution in [-0.4, -0.2) is 46.2 Å². The Hall–Kier alpha value is -2.45. The number of aliphatic imine (C=N–C) groups is 1. The lowest BCUT2D eigenvalue weighted by Gasteiger charge is -2.42. The Bertz CT molecular complexity index is 1060. The highest BCUT2D eigenvalue weighted by molar-refractivity contribution is 6.02. The predicted molar refractivity (Wildman–Crippen MR) is 141 cm³/mol. The fourth-order valence-corrected chi connectivity index (χ4v) is 5.09. The molecule has 0 fully saturated rings. The van der Waals surface area contributed by atoms with Crippen LogP contribution in [0.2, 0.25) is 0 Å². The zero-order valence-corrected chi connectivity index (χ0v) is 22.7. The van der Waals surface area contributed by atoms with Crippen LogP contribution in [0.4, 0.5) is 13.2 Å². The summed E-state index contributed by atoms with van der Waals surface area (Å²) in [7, 11) is 0. The average molecular weight is 520 g/mol. The highest BCUT2D eigenvalue weighted by Crippen LogP contribution is 2.36. The summed E-state index contributed by atoms with van der Waals surface area (Å²) in [5.41, 5.74) is 0.877. The molecule has 1 aromatic carbocycles. The minimum atomic E-state index is -1.33. The van der Waals surface area contributed by atoms with Gasteiger partial charge < -0.3 is 5.11 Å². The number of carbonyl (C=O) groups is 1. The Morgan fingerprint density at radius 1 is 1.16 bits per heavy atom. The minimum Gasteiger partial charge on any atom is -0.374 e. The van der Waals surface area contributed by atoms with Crippen molar-refractivity contribution in [3.63, 3.8) is 0 Å². The van der Waals surface area contributed by atoms with Crippen molar-refractivity contribution < 1.29 is 23.1 Å². The number of allylic oxidation sites excluding steroid dienone is 1. The van der Waals surface area contributed by atoms with Crippen molar-refractivity contribution in [3.8, 4) is 0 Å². The molecule has 0 saturated heterocycles. The number of halogens is 3. The van der Waals surface area contributed by atoms with E-state index in [2.05, 4.69) is 33.0 Å². The number of nitrogens with zero attached hydrogens (tertiary/aromatic N) is 2. The molecule has 2 aliphatic rings.